The molecule has 0 bridgehead atoms. The molecule has 1 aliphatic carbocycles. The van der Waals surface area contributed by atoms with E-state index < -0.39 is 5.60 Å². The summed E-state index contributed by atoms with van der Waals surface area (Å²) in [5.74, 6) is 0. The average Bonchev–Trinajstić information content (AvgIpc) is 2.60. The summed E-state index contributed by atoms with van der Waals surface area (Å²) in [7, 11) is 0. The quantitative estimate of drug-likeness (QED) is 0.804. The van der Waals surface area contributed by atoms with E-state index in [2.05, 4.69) is 31.1 Å². The van der Waals surface area contributed by atoms with Gasteiger partial charge in [0.2, 0.25) is 0 Å². The van der Waals surface area contributed by atoms with Gasteiger partial charge < -0.3 is 10.4 Å². The molecule has 2 N–H and O–H groups in total. The second kappa shape index (κ2) is 5.50. The maximum absolute atomic E-state index is 10.0. The van der Waals surface area contributed by atoms with Gasteiger partial charge in [-0.2, -0.15) is 0 Å². The van der Waals surface area contributed by atoms with Gasteiger partial charge in [0, 0.05) is 17.6 Å². The minimum Gasteiger partial charge on any atom is -0.389 e. The topological polar surface area (TPSA) is 45.2 Å². The van der Waals surface area contributed by atoms with Crippen molar-refractivity contribution in [1.82, 2.24) is 10.3 Å². The first kappa shape index (κ1) is 15.3. The van der Waals surface area contributed by atoms with E-state index in [0.29, 0.717) is 6.54 Å². The Labute approximate surface area is 124 Å². The largest absolute Gasteiger partial charge is 0.389 e. The first-order valence-electron chi connectivity index (χ1n) is 5.82. The third kappa shape index (κ3) is 3.62. The van der Waals surface area contributed by atoms with Crippen molar-refractivity contribution in [2.45, 2.75) is 51.2 Å². The van der Waals surface area contributed by atoms with Crippen LogP contribution in [0.25, 0.3) is 0 Å². The van der Waals surface area contributed by atoms with E-state index in [4.69, 9.17) is 0 Å². The zero-order chi connectivity index (χ0) is 11.8. The Kier molecular flexibility index (Phi) is 4.97. The van der Waals surface area contributed by atoms with Crippen LogP contribution in [0.5, 0.6) is 0 Å². The number of nitrogens with zero attached hydrogens (tertiary/aromatic N) is 1. The predicted octanol–water partition coefficient (Wildman–Crippen LogP) is 2.81. The molecule has 0 amide bonds. The van der Waals surface area contributed by atoms with E-state index in [-0.39, 0.29) is 29.5 Å². The smallest absolute Gasteiger partial charge is 0.112 e. The maximum Gasteiger partial charge on any atom is 0.112 e. The summed E-state index contributed by atoms with van der Waals surface area (Å²) in [6.07, 6.45) is 4.90. The summed E-state index contributed by atoms with van der Waals surface area (Å²) < 4.78 is 0. The normalized spacial score (nSPS) is 18.4. The number of rotatable bonds is 4. The molecule has 1 fully saturated rings. The summed E-state index contributed by atoms with van der Waals surface area (Å²) in [5, 5.41) is 14.6. The van der Waals surface area contributed by atoms with Crippen LogP contribution in [0.1, 0.15) is 43.0 Å². The lowest BCUT2D eigenvalue weighted by molar-refractivity contribution is -0.0362. The van der Waals surface area contributed by atoms with E-state index in [1.807, 2.05) is 6.20 Å². The Balaban J connectivity index is 0.00000144. The highest BCUT2D eigenvalue weighted by atomic mass is 127. The van der Waals surface area contributed by atoms with Gasteiger partial charge in [-0.05, 0) is 40.0 Å². The molecule has 0 radical (unpaired) electrons. The molecule has 3 nitrogen and oxygen atoms in total. The molecule has 17 heavy (non-hydrogen) atoms. The lowest BCUT2D eigenvalue weighted by Gasteiger charge is -2.39. The van der Waals surface area contributed by atoms with E-state index in [1.165, 1.54) is 4.88 Å². The molecule has 5 heteroatoms. The molecule has 1 aliphatic rings. The molecule has 98 valence electrons. The number of nitrogens with one attached hydrogen (secondary N) is 1. The standard InChI is InChI=1S/C12H20N2OS.HI/c1-9-7-13-10(16-9)11(2,3)14-8-12(15)5-4-6-12;/h7,14-15H,4-6,8H2,1-3H3;1H. The first-order valence-corrected chi connectivity index (χ1v) is 6.63. The minimum atomic E-state index is -0.469. The number of aryl methyl sites for hydroxylation is 1. The van der Waals surface area contributed by atoms with Crippen LogP contribution in [0.4, 0.5) is 0 Å². The molecule has 0 unspecified atom stereocenters. The van der Waals surface area contributed by atoms with E-state index in [9.17, 15) is 5.11 Å². The molecule has 1 heterocycles. The molecule has 1 aromatic rings. The van der Waals surface area contributed by atoms with E-state index in [1.54, 1.807) is 11.3 Å². The number of hydrogen-bond donors (Lipinski definition) is 2. The predicted molar refractivity (Wildman–Crippen MR) is 82.1 cm³/mol. The zero-order valence-corrected chi connectivity index (χ0v) is 13.8. The second-order valence-corrected chi connectivity index (χ2v) is 6.57. The zero-order valence-electron chi connectivity index (χ0n) is 10.6. The molecule has 0 spiro atoms. The highest BCUT2D eigenvalue weighted by Crippen LogP contribution is 2.32. The monoisotopic (exact) mass is 368 g/mol. The maximum atomic E-state index is 10.0. The Morgan fingerprint density at radius 2 is 2.18 bits per heavy atom. The Morgan fingerprint density at radius 1 is 1.53 bits per heavy atom. The number of hydrogen-bond acceptors (Lipinski definition) is 4. The van der Waals surface area contributed by atoms with Gasteiger partial charge in [-0.3, -0.25) is 0 Å². The summed E-state index contributed by atoms with van der Waals surface area (Å²) in [6.45, 7) is 6.97. The molecule has 0 aromatic carbocycles. The van der Waals surface area contributed by atoms with Gasteiger partial charge in [0.05, 0.1) is 11.1 Å². The van der Waals surface area contributed by atoms with Crippen molar-refractivity contribution in [2.24, 2.45) is 0 Å². The van der Waals surface area contributed by atoms with Crippen LogP contribution in [0.3, 0.4) is 0 Å². The van der Waals surface area contributed by atoms with Gasteiger partial charge in [-0.15, -0.1) is 35.3 Å². The summed E-state index contributed by atoms with van der Waals surface area (Å²) in [4.78, 5) is 5.64. The lowest BCUT2D eigenvalue weighted by Crippen LogP contribution is -2.51. The van der Waals surface area contributed by atoms with Crippen LogP contribution in [0.15, 0.2) is 6.20 Å². The van der Waals surface area contributed by atoms with Gasteiger partial charge in [0.25, 0.3) is 0 Å². The van der Waals surface area contributed by atoms with Gasteiger partial charge in [0.15, 0.2) is 0 Å². The number of aliphatic hydroxyl groups is 1. The van der Waals surface area contributed by atoms with Crippen LogP contribution >= 0.6 is 35.3 Å². The fourth-order valence-corrected chi connectivity index (χ4v) is 2.71. The second-order valence-electron chi connectivity index (χ2n) is 5.33. The Hall–Kier alpha value is 0.280. The van der Waals surface area contributed by atoms with Crippen molar-refractivity contribution in [1.29, 1.82) is 0 Å². The minimum absolute atomic E-state index is 0. The molecule has 2 rings (SSSR count). The van der Waals surface area contributed by atoms with Crippen LogP contribution in [-0.2, 0) is 5.54 Å². The molecule has 1 aromatic heterocycles. The molecule has 0 saturated heterocycles. The average molecular weight is 368 g/mol. The number of aromatic nitrogens is 1. The van der Waals surface area contributed by atoms with Gasteiger partial charge >= 0.3 is 0 Å². The molecular formula is C12H21IN2OS. The summed E-state index contributed by atoms with van der Waals surface area (Å²) in [6, 6.07) is 0. The van der Waals surface area contributed by atoms with Crippen LogP contribution in [0.2, 0.25) is 0 Å². The molecule has 1 saturated carbocycles. The fourth-order valence-electron chi connectivity index (χ4n) is 1.87. The number of thiazole rings is 1. The summed E-state index contributed by atoms with van der Waals surface area (Å²) in [5.41, 5.74) is -0.617. The highest BCUT2D eigenvalue weighted by Gasteiger charge is 2.36. The van der Waals surface area contributed by atoms with Crippen molar-refractivity contribution < 1.29 is 5.11 Å². The Bertz CT molecular complexity index is 374. The van der Waals surface area contributed by atoms with Crippen molar-refractivity contribution >= 4 is 35.3 Å². The van der Waals surface area contributed by atoms with Gasteiger partial charge in [-0.1, -0.05) is 0 Å². The third-order valence-electron chi connectivity index (χ3n) is 3.30. The fraction of sp³-hybridized carbons (Fsp3) is 0.750. The van der Waals surface area contributed by atoms with Crippen molar-refractivity contribution in [3.63, 3.8) is 0 Å². The highest BCUT2D eigenvalue weighted by molar-refractivity contribution is 14.0. The lowest BCUT2D eigenvalue weighted by atomic mass is 9.80. The molecule has 0 atom stereocenters. The third-order valence-corrected chi connectivity index (χ3v) is 4.54. The number of halogens is 1. The molecule has 0 aliphatic heterocycles. The van der Waals surface area contributed by atoms with Crippen LogP contribution < -0.4 is 5.32 Å². The summed E-state index contributed by atoms with van der Waals surface area (Å²) >= 11 is 1.72. The SMILES string of the molecule is Cc1cnc(C(C)(C)NCC2(O)CCC2)s1.I. The van der Waals surface area contributed by atoms with Gasteiger partial charge in [-0.25, -0.2) is 4.98 Å². The van der Waals surface area contributed by atoms with Gasteiger partial charge in [0.1, 0.15) is 5.01 Å². The first-order chi connectivity index (χ1) is 7.41. The Morgan fingerprint density at radius 3 is 2.59 bits per heavy atom. The van der Waals surface area contributed by atoms with Crippen molar-refractivity contribution in [3.05, 3.63) is 16.1 Å². The van der Waals surface area contributed by atoms with Crippen molar-refractivity contribution in [3.8, 4) is 0 Å². The van der Waals surface area contributed by atoms with E-state index >= 15 is 0 Å². The molecular weight excluding hydrogens is 347 g/mol. The van der Waals surface area contributed by atoms with Crippen LogP contribution in [0, 0.1) is 6.92 Å². The van der Waals surface area contributed by atoms with Crippen LogP contribution in [-0.4, -0.2) is 22.2 Å². The van der Waals surface area contributed by atoms with Crippen molar-refractivity contribution in [2.75, 3.05) is 6.54 Å². The van der Waals surface area contributed by atoms with E-state index in [0.717, 1.165) is 24.3 Å².